The summed E-state index contributed by atoms with van der Waals surface area (Å²) < 4.78 is 0. The summed E-state index contributed by atoms with van der Waals surface area (Å²) in [5.74, 6) is 1.40. The molecule has 1 heterocycles. The molecule has 108 valence electrons. The average Bonchev–Trinajstić information content (AvgIpc) is 2.89. The Bertz CT molecular complexity index is 395. The Kier molecular flexibility index (Phi) is 5.02. The van der Waals surface area contributed by atoms with E-state index in [1.54, 1.807) is 0 Å². The molecule has 1 N–H and O–H groups in total. The Morgan fingerprint density at radius 3 is 2.84 bits per heavy atom. The van der Waals surface area contributed by atoms with Crippen molar-refractivity contribution in [2.24, 2.45) is 5.92 Å². The molecule has 0 aliphatic heterocycles. The van der Waals surface area contributed by atoms with Crippen molar-refractivity contribution in [2.45, 2.75) is 71.3 Å². The Hall–Kier alpha value is -0.410. The topological polar surface area (TPSA) is 24.9 Å². The maximum atomic E-state index is 4.95. The summed E-state index contributed by atoms with van der Waals surface area (Å²) >= 11 is 1.86. The van der Waals surface area contributed by atoms with Gasteiger partial charge in [-0.05, 0) is 31.2 Å². The third kappa shape index (κ3) is 3.19. The third-order valence-corrected chi connectivity index (χ3v) is 5.53. The number of nitrogens with zero attached hydrogens (tertiary/aromatic N) is 1. The molecule has 2 rings (SSSR count). The van der Waals surface area contributed by atoms with Gasteiger partial charge in [0.2, 0.25) is 0 Å². The van der Waals surface area contributed by atoms with Crippen LogP contribution >= 0.6 is 11.3 Å². The highest BCUT2D eigenvalue weighted by molar-refractivity contribution is 7.09. The Balaban J connectivity index is 2.26. The van der Waals surface area contributed by atoms with Gasteiger partial charge in [-0.15, -0.1) is 11.3 Å². The van der Waals surface area contributed by atoms with Crippen LogP contribution in [0.2, 0.25) is 0 Å². The van der Waals surface area contributed by atoms with Crippen molar-refractivity contribution in [1.29, 1.82) is 0 Å². The van der Waals surface area contributed by atoms with E-state index in [0.717, 1.165) is 12.5 Å². The lowest BCUT2D eigenvalue weighted by atomic mass is 9.75. The van der Waals surface area contributed by atoms with Crippen LogP contribution in [-0.2, 0) is 5.54 Å². The van der Waals surface area contributed by atoms with E-state index in [0.29, 0.717) is 5.92 Å². The van der Waals surface area contributed by atoms with Gasteiger partial charge in [0.1, 0.15) is 5.01 Å². The van der Waals surface area contributed by atoms with Crippen LogP contribution in [-0.4, -0.2) is 11.5 Å². The smallest absolute Gasteiger partial charge is 0.113 e. The van der Waals surface area contributed by atoms with Crippen molar-refractivity contribution in [2.75, 3.05) is 6.54 Å². The number of thiazole rings is 1. The van der Waals surface area contributed by atoms with E-state index >= 15 is 0 Å². The van der Waals surface area contributed by atoms with Gasteiger partial charge in [-0.25, -0.2) is 4.98 Å². The van der Waals surface area contributed by atoms with Crippen molar-refractivity contribution in [3.05, 3.63) is 16.1 Å². The molecule has 0 spiro atoms. The van der Waals surface area contributed by atoms with Gasteiger partial charge in [0.25, 0.3) is 0 Å². The average molecular weight is 280 g/mol. The molecular weight excluding hydrogens is 252 g/mol. The fourth-order valence-electron chi connectivity index (χ4n) is 3.28. The van der Waals surface area contributed by atoms with E-state index in [9.17, 15) is 0 Å². The van der Waals surface area contributed by atoms with Crippen LogP contribution in [0.15, 0.2) is 5.38 Å². The fraction of sp³-hybridized carbons (Fsp3) is 0.812. The predicted octanol–water partition coefficient (Wildman–Crippen LogP) is 4.67. The molecule has 0 saturated heterocycles. The summed E-state index contributed by atoms with van der Waals surface area (Å²) in [5.41, 5.74) is 1.42. The summed E-state index contributed by atoms with van der Waals surface area (Å²) in [4.78, 5) is 4.95. The minimum Gasteiger partial charge on any atom is -0.306 e. The SMILES string of the molecule is CCNC1(c2nc(C(C)C)cs2)CCCC(CC)C1. The molecule has 1 aliphatic carbocycles. The van der Waals surface area contributed by atoms with Crippen LogP contribution in [0.1, 0.15) is 76.4 Å². The van der Waals surface area contributed by atoms with Crippen molar-refractivity contribution >= 4 is 11.3 Å². The second kappa shape index (κ2) is 6.36. The highest BCUT2D eigenvalue weighted by atomic mass is 32.1. The zero-order chi connectivity index (χ0) is 13.9. The Labute approximate surface area is 122 Å². The van der Waals surface area contributed by atoms with Crippen molar-refractivity contribution < 1.29 is 0 Å². The molecule has 1 aromatic rings. The van der Waals surface area contributed by atoms with Crippen LogP contribution in [0.5, 0.6) is 0 Å². The van der Waals surface area contributed by atoms with Gasteiger partial charge < -0.3 is 5.32 Å². The van der Waals surface area contributed by atoms with Crippen LogP contribution in [0, 0.1) is 5.92 Å². The van der Waals surface area contributed by atoms with E-state index in [1.807, 2.05) is 11.3 Å². The molecule has 1 aliphatic rings. The minimum atomic E-state index is 0.158. The largest absolute Gasteiger partial charge is 0.306 e. The quantitative estimate of drug-likeness (QED) is 0.847. The van der Waals surface area contributed by atoms with Crippen molar-refractivity contribution in [3.8, 4) is 0 Å². The maximum Gasteiger partial charge on any atom is 0.113 e. The van der Waals surface area contributed by atoms with Gasteiger partial charge in [0, 0.05) is 5.38 Å². The summed E-state index contributed by atoms with van der Waals surface area (Å²) in [6.45, 7) is 10.0. The number of rotatable bonds is 5. The Morgan fingerprint density at radius 2 is 2.26 bits per heavy atom. The molecule has 1 aromatic heterocycles. The van der Waals surface area contributed by atoms with Crippen LogP contribution in [0.3, 0.4) is 0 Å². The van der Waals surface area contributed by atoms with E-state index < -0.39 is 0 Å². The molecule has 0 amide bonds. The lowest BCUT2D eigenvalue weighted by Gasteiger charge is -2.40. The first-order valence-electron chi connectivity index (χ1n) is 7.82. The summed E-state index contributed by atoms with van der Waals surface area (Å²) in [5, 5.41) is 7.37. The van der Waals surface area contributed by atoms with E-state index in [1.165, 1.54) is 42.8 Å². The summed E-state index contributed by atoms with van der Waals surface area (Å²) in [6, 6.07) is 0. The molecule has 2 nitrogen and oxygen atoms in total. The number of hydrogen-bond acceptors (Lipinski definition) is 3. The van der Waals surface area contributed by atoms with Crippen molar-refractivity contribution in [3.63, 3.8) is 0 Å². The van der Waals surface area contributed by atoms with Crippen LogP contribution < -0.4 is 5.32 Å². The second-order valence-corrected chi connectivity index (χ2v) is 7.07. The fourth-order valence-corrected chi connectivity index (χ4v) is 4.48. The molecule has 2 unspecified atom stereocenters. The van der Waals surface area contributed by atoms with Crippen molar-refractivity contribution in [1.82, 2.24) is 10.3 Å². The van der Waals surface area contributed by atoms with Gasteiger partial charge in [-0.2, -0.15) is 0 Å². The number of nitrogens with one attached hydrogen (secondary N) is 1. The van der Waals surface area contributed by atoms with Gasteiger partial charge >= 0.3 is 0 Å². The number of hydrogen-bond donors (Lipinski definition) is 1. The highest BCUT2D eigenvalue weighted by Crippen LogP contribution is 2.42. The van der Waals surface area contributed by atoms with E-state index in [4.69, 9.17) is 4.98 Å². The molecule has 3 heteroatoms. The first-order chi connectivity index (χ1) is 9.11. The van der Waals surface area contributed by atoms with Gasteiger partial charge in [0.05, 0.1) is 11.2 Å². The van der Waals surface area contributed by atoms with Gasteiger partial charge in [-0.1, -0.05) is 47.0 Å². The second-order valence-electron chi connectivity index (χ2n) is 6.22. The molecule has 0 bridgehead atoms. The molecule has 0 radical (unpaired) electrons. The standard InChI is InChI=1S/C16H28N2S/c1-5-13-8-7-9-16(10-13,17-6-2)15-18-14(11-19-15)12(3)4/h11-13,17H,5-10H2,1-4H3. The first kappa shape index (κ1) is 15.0. The minimum absolute atomic E-state index is 0.158. The molecule has 19 heavy (non-hydrogen) atoms. The lowest BCUT2D eigenvalue weighted by Crippen LogP contribution is -2.46. The zero-order valence-corrected chi connectivity index (χ0v) is 13.6. The van der Waals surface area contributed by atoms with Crippen LogP contribution in [0.25, 0.3) is 0 Å². The molecule has 1 saturated carbocycles. The first-order valence-corrected chi connectivity index (χ1v) is 8.70. The Morgan fingerprint density at radius 1 is 1.47 bits per heavy atom. The van der Waals surface area contributed by atoms with Gasteiger partial charge in [0.15, 0.2) is 0 Å². The number of aromatic nitrogens is 1. The highest BCUT2D eigenvalue weighted by Gasteiger charge is 2.39. The normalized spacial score (nSPS) is 27.9. The van der Waals surface area contributed by atoms with Gasteiger partial charge in [-0.3, -0.25) is 0 Å². The molecule has 0 aromatic carbocycles. The predicted molar refractivity (Wildman–Crippen MR) is 83.8 cm³/mol. The third-order valence-electron chi connectivity index (χ3n) is 4.47. The monoisotopic (exact) mass is 280 g/mol. The van der Waals surface area contributed by atoms with E-state index in [2.05, 4.69) is 38.4 Å². The molecule has 1 fully saturated rings. The molecule has 2 atom stereocenters. The van der Waals surface area contributed by atoms with Crippen LogP contribution in [0.4, 0.5) is 0 Å². The molecular formula is C16H28N2S. The lowest BCUT2D eigenvalue weighted by molar-refractivity contribution is 0.177. The summed E-state index contributed by atoms with van der Waals surface area (Å²) in [6.07, 6.45) is 6.55. The summed E-state index contributed by atoms with van der Waals surface area (Å²) in [7, 11) is 0. The zero-order valence-electron chi connectivity index (χ0n) is 12.8. The maximum absolute atomic E-state index is 4.95. The van der Waals surface area contributed by atoms with E-state index in [-0.39, 0.29) is 5.54 Å².